The van der Waals surface area contributed by atoms with Gasteiger partial charge in [0.05, 0.1) is 12.8 Å². The van der Waals surface area contributed by atoms with Crippen molar-refractivity contribution in [3.05, 3.63) is 23.7 Å². The van der Waals surface area contributed by atoms with Crippen LogP contribution in [0, 0.1) is 0 Å². The SMILES string of the molecule is CCNCc1ccoc1CN(C)CC1CCCN1C. The topological polar surface area (TPSA) is 31.7 Å². The molecule has 0 aliphatic carbocycles. The van der Waals surface area contributed by atoms with Gasteiger partial charge >= 0.3 is 0 Å². The summed E-state index contributed by atoms with van der Waals surface area (Å²) in [5.41, 5.74) is 1.29. The van der Waals surface area contributed by atoms with Crippen molar-refractivity contribution in [3.8, 4) is 0 Å². The van der Waals surface area contributed by atoms with Crippen molar-refractivity contribution in [2.75, 3.05) is 33.7 Å². The van der Waals surface area contributed by atoms with Gasteiger partial charge < -0.3 is 14.6 Å². The molecular formula is C15H27N3O. The molecule has 1 saturated heterocycles. The van der Waals surface area contributed by atoms with Crippen LogP contribution in [0.4, 0.5) is 0 Å². The van der Waals surface area contributed by atoms with Crippen LogP contribution in [0.3, 0.4) is 0 Å². The van der Waals surface area contributed by atoms with Crippen LogP contribution in [-0.2, 0) is 13.1 Å². The largest absolute Gasteiger partial charge is 0.468 e. The first-order valence-corrected chi connectivity index (χ1v) is 7.35. The zero-order valence-electron chi connectivity index (χ0n) is 12.5. The molecule has 1 atom stereocenters. The van der Waals surface area contributed by atoms with Gasteiger partial charge in [-0.2, -0.15) is 0 Å². The molecule has 1 N–H and O–H groups in total. The number of furan rings is 1. The van der Waals surface area contributed by atoms with E-state index in [4.69, 9.17) is 4.42 Å². The van der Waals surface area contributed by atoms with E-state index >= 15 is 0 Å². The van der Waals surface area contributed by atoms with Crippen molar-refractivity contribution in [2.24, 2.45) is 0 Å². The molecule has 2 heterocycles. The van der Waals surface area contributed by atoms with E-state index < -0.39 is 0 Å². The van der Waals surface area contributed by atoms with Crippen molar-refractivity contribution in [2.45, 2.75) is 38.9 Å². The van der Waals surface area contributed by atoms with Gasteiger partial charge in [-0.25, -0.2) is 0 Å². The molecule has 108 valence electrons. The molecule has 0 spiro atoms. The van der Waals surface area contributed by atoms with Gasteiger partial charge in [-0.1, -0.05) is 6.92 Å². The van der Waals surface area contributed by atoms with E-state index in [1.54, 1.807) is 6.26 Å². The van der Waals surface area contributed by atoms with Crippen LogP contribution in [0.2, 0.25) is 0 Å². The summed E-state index contributed by atoms with van der Waals surface area (Å²) < 4.78 is 5.63. The van der Waals surface area contributed by atoms with Gasteiger partial charge in [0.25, 0.3) is 0 Å². The Kier molecular flexibility index (Phi) is 5.43. The molecule has 1 aromatic heterocycles. The van der Waals surface area contributed by atoms with Gasteiger partial charge in [0, 0.05) is 24.7 Å². The number of nitrogens with one attached hydrogen (secondary N) is 1. The fourth-order valence-corrected chi connectivity index (χ4v) is 2.80. The zero-order chi connectivity index (χ0) is 13.7. The second kappa shape index (κ2) is 7.08. The van der Waals surface area contributed by atoms with E-state index in [9.17, 15) is 0 Å². The standard InChI is InChI=1S/C15H27N3O/c1-4-16-10-13-7-9-19-15(13)12-17(2)11-14-6-5-8-18(14)3/h7,9,14,16H,4-6,8,10-12H2,1-3H3. The monoisotopic (exact) mass is 265 g/mol. The molecule has 0 radical (unpaired) electrons. The highest BCUT2D eigenvalue weighted by Gasteiger charge is 2.22. The number of rotatable bonds is 7. The zero-order valence-corrected chi connectivity index (χ0v) is 12.5. The minimum absolute atomic E-state index is 0.706. The van der Waals surface area contributed by atoms with E-state index in [1.807, 2.05) is 0 Å². The Labute approximate surface area is 116 Å². The molecule has 0 amide bonds. The van der Waals surface area contributed by atoms with Crippen LogP contribution >= 0.6 is 0 Å². The lowest BCUT2D eigenvalue weighted by molar-refractivity contribution is 0.205. The fourth-order valence-electron chi connectivity index (χ4n) is 2.80. The molecule has 1 fully saturated rings. The van der Waals surface area contributed by atoms with E-state index in [0.29, 0.717) is 6.04 Å². The first-order valence-electron chi connectivity index (χ1n) is 7.35. The molecule has 1 aliphatic heterocycles. The predicted molar refractivity (Wildman–Crippen MR) is 78.1 cm³/mol. The summed E-state index contributed by atoms with van der Waals surface area (Å²) in [6.07, 6.45) is 4.46. The Hall–Kier alpha value is -0.840. The third-order valence-corrected chi connectivity index (χ3v) is 4.01. The summed E-state index contributed by atoms with van der Waals surface area (Å²) in [4.78, 5) is 4.85. The predicted octanol–water partition coefficient (Wildman–Crippen LogP) is 1.92. The van der Waals surface area contributed by atoms with Crippen LogP contribution < -0.4 is 5.32 Å². The summed E-state index contributed by atoms with van der Waals surface area (Å²) in [6.45, 7) is 7.29. The van der Waals surface area contributed by atoms with Gasteiger partial charge in [0.2, 0.25) is 0 Å². The van der Waals surface area contributed by atoms with E-state index in [-0.39, 0.29) is 0 Å². The van der Waals surface area contributed by atoms with E-state index in [0.717, 1.165) is 31.9 Å². The molecular weight excluding hydrogens is 238 g/mol. The molecule has 1 aliphatic rings. The summed E-state index contributed by atoms with van der Waals surface area (Å²) in [5, 5.41) is 3.36. The van der Waals surface area contributed by atoms with Gasteiger partial charge in [-0.15, -0.1) is 0 Å². The Morgan fingerprint density at radius 1 is 1.53 bits per heavy atom. The van der Waals surface area contributed by atoms with Gasteiger partial charge in [0.1, 0.15) is 5.76 Å². The molecule has 0 saturated carbocycles. The van der Waals surface area contributed by atoms with E-state index in [1.165, 1.54) is 24.9 Å². The quantitative estimate of drug-likeness (QED) is 0.816. The van der Waals surface area contributed by atoms with E-state index in [2.05, 4.69) is 42.2 Å². The van der Waals surface area contributed by atoms with Gasteiger partial charge in [-0.3, -0.25) is 4.90 Å². The lowest BCUT2D eigenvalue weighted by Gasteiger charge is -2.25. The minimum Gasteiger partial charge on any atom is -0.468 e. The average Bonchev–Trinajstić information content (AvgIpc) is 2.97. The molecule has 19 heavy (non-hydrogen) atoms. The highest BCUT2D eigenvalue weighted by Crippen LogP contribution is 2.17. The Morgan fingerprint density at radius 2 is 2.37 bits per heavy atom. The Morgan fingerprint density at radius 3 is 3.05 bits per heavy atom. The normalized spacial score (nSPS) is 20.5. The second-order valence-electron chi connectivity index (χ2n) is 5.62. The smallest absolute Gasteiger partial charge is 0.122 e. The number of likely N-dealkylation sites (N-methyl/N-ethyl adjacent to an activating group) is 2. The number of nitrogens with zero attached hydrogens (tertiary/aromatic N) is 2. The summed E-state index contributed by atoms with van der Waals surface area (Å²) in [5.74, 6) is 1.10. The van der Waals surface area contributed by atoms with Crippen LogP contribution in [0.15, 0.2) is 16.7 Å². The summed E-state index contributed by atoms with van der Waals surface area (Å²) in [6, 6.07) is 2.78. The molecule has 1 unspecified atom stereocenters. The maximum atomic E-state index is 5.63. The number of hydrogen-bond acceptors (Lipinski definition) is 4. The molecule has 2 rings (SSSR count). The first kappa shape index (κ1) is 14.6. The van der Waals surface area contributed by atoms with Crippen LogP contribution in [0.5, 0.6) is 0 Å². The molecule has 0 aromatic carbocycles. The third-order valence-electron chi connectivity index (χ3n) is 4.01. The Bertz CT molecular complexity index is 377. The van der Waals surface area contributed by atoms with Crippen LogP contribution in [-0.4, -0.2) is 49.6 Å². The second-order valence-corrected chi connectivity index (χ2v) is 5.62. The lowest BCUT2D eigenvalue weighted by atomic mass is 10.2. The summed E-state index contributed by atoms with van der Waals surface area (Å²) in [7, 11) is 4.42. The Balaban J connectivity index is 1.84. The third kappa shape index (κ3) is 4.06. The number of likely N-dealkylation sites (tertiary alicyclic amines) is 1. The van der Waals surface area contributed by atoms with Crippen molar-refractivity contribution in [1.82, 2.24) is 15.1 Å². The van der Waals surface area contributed by atoms with Crippen molar-refractivity contribution < 1.29 is 4.42 Å². The van der Waals surface area contributed by atoms with Crippen molar-refractivity contribution in [3.63, 3.8) is 0 Å². The minimum atomic E-state index is 0.706. The average molecular weight is 265 g/mol. The maximum Gasteiger partial charge on any atom is 0.122 e. The van der Waals surface area contributed by atoms with Crippen LogP contribution in [0.25, 0.3) is 0 Å². The first-order chi connectivity index (χ1) is 9.20. The lowest BCUT2D eigenvalue weighted by Crippen LogP contribution is -2.36. The molecule has 0 bridgehead atoms. The molecule has 4 nitrogen and oxygen atoms in total. The highest BCUT2D eigenvalue weighted by molar-refractivity contribution is 5.16. The van der Waals surface area contributed by atoms with Gasteiger partial charge in [0.15, 0.2) is 0 Å². The molecule has 1 aromatic rings. The van der Waals surface area contributed by atoms with Crippen LogP contribution in [0.1, 0.15) is 31.1 Å². The highest BCUT2D eigenvalue weighted by atomic mass is 16.3. The molecule has 4 heteroatoms. The van der Waals surface area contributed by atoms with Crippen molar-refractivity contribution >= 4 is 0 Å². The summed E-state index contributed by atoms with van der Waals surface area (Å²) >= 11 is 0. The van der Waals surface area contributed by atoms with Gasteiger partial charge in [-0.05, 0) is 46.1 Å². The van der Waals surface area contributed by atoms with Crippen molar-refractivity contribution in [1.29, 1.82) is 0 Å². The fraction of sp³-hybridized carbons (Fsp3) is 0.733. The number of hydrogen-bond donors (Lipinski definition) is 1. The maximum absolute atomic E-state index is 5.63.